The number of hydrogen-bond acceptors (Lipinski definition) is 3. The lowest BCUT2D eigenvalue weighted by Crippen LogP contribution is -2.52. The molecule has 25 heavy (non-hydrogen) atoms. The summed E-state index contributed by atoms with van der Waals surface area (Å²) in [6.45, 7) is 7.07. The lowest BCUT2D eigenvalue weighted by Gasteiger charge is -2.38. The van der Waals surface area contributed by atoms with Crippen LogP contribution in [0.4, 0.5) is 4.79 Å². The molecular weight excluding hydrogens is 316 g/mol. The van der Waals surface area contributed by atoms with Gasteiger partial charge in [0.25, 0.3) is 0 Å². The molecule has 1 N–H and O–H groups in total. The highest BCUT2D eigenvalue weighted by Gasteiger charge is 2.38. The van der Waals surface area contributed by atoms with Crippen LogP contribution in [-0.4, -0.2) is 79.0 Å². The average molecular weight is 348 g/mol. The van der Waals surface area contributed by atoms with Crippen molar-refractivity contribution < 1.29 is 9.59 Å². The first kappa shape index (κ1) is 17.1. The van der Waals surface area contributed by atoms with E-state index in [0.29, 0.717) is 18.4 Å². The van der Waals surface area contributed by atoms with Crippen molar-refractivity contribution in [2.45, 2.75) is 38.5 Å². The third-order valence-corrected chi connectivity index (χ3v) is 6.86. The van der Waals surface area contributed by atoms with Gasteiger partial charge in [-0.1, -0.05) is 12.8 Å². The average Bonchev–Trinajstić information content (AvgIpc) is 3.15. The third kappa shape index (κ3) is 3.78. The molecule has 0 radical (unpaired) electrons. The molecule has 4 aliphatic rings. The van der Waals surface area contributed by atoms with Crippen LogP contribution in [0.2, 0.25) is 0 Å². The maximum atomic E-state index is 12.3. The monoisotopic (exact) mass is 348 g/mol. The highest BCUT2D eigenvalue weighted by atomic mass is 16.2. The smallest absolute Gasteiger partial charge is 0.317 e. The molecule has 0 unspecified atom stereocenters. The van der Waals surface area contributed by atoms with E-state index in [4.69, 9.17) is 0 Å². The Bertz CT molecular complexity index is 488. The molecule has 6 heteroatoms. The second-order valence-corrected chi connectivity index (χ2v) is 8.38. The van der Waals surface area contributed by atoms with Crippen LogP contribution in [-0.2, 0) is 4.79 Å². The normalized spacial score (nSPS) is 30.2. The van der Waals surface area contributed by atoms with Gasteiger partial charge in [-0.05, 0) is 37.5 Å². The summed E-state index contributed by atoms with van der Waals surface area (Å²) in [5.74, 6) is 2.20. The number of carbonyl (C=O) groups is 2. The quantitative estimate of drug-likeness (QED) is 0.835. The van der Waals surface area contributed by atoms with Crippen LogP contribution in [0.15, 0.2) is 0 Å². The van der Waals surface area contributed by atoms with E-state index in [2.05, 4.69) is 10.2 Å². The standard InChI is InChI=1S/C19H32N4O2/c24-18(15-3-1-4-15)22-11-9-21(10-12-22)8-7-20-19(25)23-13-16-5-2-6-17(16)14-23/h15-17H,1-14H2,(H,20,25)/t16-,17+. The number of nitrogens with one attached hydrogen (secondary N) is 1. The summed E-state index contributed by atoms with van der Waals surface area (Å²) in [6.07, 6.45) is 7.35. The first-order valence-corrected chi connectivity index (χ1v) is 10.2. The second kappa shape index (κ2) is 7.52. The van der Waals surface area contributed by atoms with Gasteiger partial charge in [0.1, 0.15) is 0 Å². The minimum Gasteiger partial charge on any atom is -0.340 e. The van der Waals surface area contributed by atoms with E-state index in [1.165, 1.54) is 25.7 Å². The van der Waals surface area contributed by atoms with Crippen LogP contribution in [0.1, 0.15) is 38.5 Å². The van der Waals surface area contributed by atoms with Crippen molar-refractivity contribution in [2.75, 3.05) is 52.4 Å². The molecule has 0 bridgehead atoms. The molecule has 6 nitrogen and oxygen atoms in total. The van der Waals surface area contributed by atoms with Gasteiger partial charge in [0.15, 0.2) is 0 Å². The Morgan fingerprint density at radius 1 is 0.840 bits per heavy atom. The molecule has 0 aromatic rings. The fourth-order valence-electron chi connectivity index (χ4n) is 4.94. The Hall–Kier alpha value is -1.30. The summed E-state index contributed by atoms with van der Waals surface area (Å²) in [7, 11) is 0. The van der Waals surface area contributed by atoms with Gasteiger partial charge in [0, 0.05) is 58.3 Å². The molecule has 0 aromatic heterocycles. The largest absolute Gasteiger partial charge is 0.340 e. The zero-order valence-corrected chi connectivity index (χ0v) is 15.3. The fourth-order valence-corrected chi connectivity index (χ4v) is 4.94. The van der Waals surface area contributed by atoms with Gasteiger partial charge in [-0.3, -0.25) is 9.69 Å². The Labute approximate surface area is 150 Å². The van der Waals surface area contributed by atoms with Gasteiger partial charge in [-0.2, -0.15) is 0 Å². The molecular formula is C19H32N4O2. The number of nitrogens with zero attached hydrogens (tertiary/aromatic N) is 3. The van der Waals surface area contributed by atoms with E-state index in [9.17, 15) is 9.59 Å². The van der Waals surface area contributed by atoms with Crippen molar-refractivity contribution in [3.8, 4) is 0 Å². The highest BCUT2D eigenvalue weighted by Crippen LogP contribution is 2.37. The molecule has 0 aromatic carbocycles. The van der Waals surface area contributed by atoms with Gasteiger partial charge in [-0.15, -0.1) is 0 Å². The van der Waals surface area contributed by atoms with E-state index >= 15 is 0 Å². The van der Waals surface area contributed by atoms with E-state index in [1.807, 2.05) is 9.80 Å². The van der Waals surface area contributed by atoms with Gasteiger partial charge >= 0.3 is 6.03 Å². The zero-order valence-electron chi connectivity index (χ0n) is 15.3. The first-order chi connectivity index (χ1) is 12.2. The Morgan fingerprint density at radius 3 is 2.08 bits per heavy atom. The van der Waals surface area contributed by atoms with Gasteiger partial charge in [0.05, 0.1) is 0 Å². The van der Waals surface area contributed by atoms with E-state index in [1.54, 1.807) is 0 Å². The van der Waals surface area contributed by atoms with Gasteiger partial charge in [0.2, 0.25) is 5.91 Å². The summed E-state index contributed by atoms with van der Waals surface area (Å²) in [5.41, 5.74) is 0. The maximum Gasteiger partial charge on any atom is 0.317 e. The van der Waals surface area contributed by atoms with Crippen molar-refractivity contribution in [1.29, 1.82) is 0 Å². The molecule has 2 atom stereocenters. The van der Waals surface area contributed by atoms with E-state index in [0.717, 1.165) is 70.5 Å². The van der Waals surface area contributed by atoms with Crippen LogP contribution in [0, 0.1) is 17.8 Å². The zero-order chi connectivity index (χ0) is 17.2. The Kier molecular flexibility index (Phi) is 5.15. The van der Waals surface area contributed by atoms with Crippen LogP contribution in [0.5, 0.6) is 0 Å². The highest BCUT2D eigenvalue weighted by molar-refractivity contribution is 5.79. The number of amides is 3. The lowest BCUT2D eigenvalue weighted by molar-refractivity contribution is -0.139. The Morgan fingerprint density at radius 2 is 1.48 bits per heavy atom. The molecule has 3 amide bonds. The second-order valence-electron chi connectivity index (χ2n) is 8.38. The minimum absolute atomic E-state index is 0.119. The molecule has 2 heterocycles. The number of carbonyl (C=O) groups excluding carboxylic acids is 2. The van der Waals surface area contributed by atoms with Crippen molar-refractivity contribution in [3.63, 3.8) is 0 Å². The number of piperazine rings is 1. The lowest BCUT2D eigenvalue weighted by atomic mass is 9.84. The molecule has 0 spiro atoms. The molecule has 2 saturated carbocycles. The van der Waals surface area contributed by atoms with Gasteiger partial charge < -0.3 is 15.1 Å². The molecule has 2 saturated heterocycles. The van der Waals surface area contributed by atoms with E-state index in [-0.39, 0.29) is 6.03 Å². The SMILES string of the molecule is O=C(NCCN1CCN(C(=O)C2CCC2)CC1)N1C[C@H]2CCC[C@H]2C1. The summed E-state index contributed by atoms with van der Waals surface area (Å²) < 4.78 is 0. The number of likely N-dealkylation sites (tertiary alicyclic amines) is 1. The number of rotatable bonds is 4. The number of hydrogen-bond donors (Lipinski definition) is 1. The first-order valence-electron chi connectivity index (χ1n) is 10.2. The van der Waals surface area contributed by atoms with Gasteiger partial charge in [-0.25, -0.2) is 4.79 Å². The molecule has 4 fully saturated rings. The molecule has 4 rings (SSSR count). The van der Waals surface area contributed by atoms with Crippen molar-refractivity contribution in [1.82, 2.24) is 20.0 Å². The number of urea groups is 1. The van der Waals surface area contributed by atoms with Crippen molar-refractivity contribution in [3.05, 3.63) is 0 Å². The van der Waals surface area contributed by atoms with Crippen LogP contribution in [0.3, 0.4) is 0 Å². The van der Waals surface area contributed by atoms with Crippen LogP contribution >= 0.6 is 0 Å². The molecule has 2 aliphatic carbocycles. The minimum atomic E-state index is 0.119. The topological polar surface area (TPSA) is 55.9 Å². The fraction of sp³-hybridized carbons (Fsp3) is 0.895. The molecule has 140 valence electrons. The maximum absolute atomic E-state index is 12.3. The van der Waals surface area contributed by atoms with E-state index < -0.39 is 0 Å². The third-order valence-electron chi connectivity index (χ3n) is 6.86. The predicted molar refractivity (Wildman–Crippen MR) is 96.2 cm³/mol. The predicted octanol–water partition coefficient (Wildman–Crippen LogP) is 1.37. The summed E-state index contributed by atoms with van der Waals surface area (Å²) in [6, 6.07) is 0.119. The Balaban J connectivity index is 1.12. The van der Waals surface area contributed by atoms with Crippen LogP contribution in [0.25, 0.3) is 0 Å². The molecule has 2 aliphatic heterocycles. The number of fused-ring (bicyclic) bond motifs is 1. The van der Waals surface area contributed by atoms with Crippen molar-refractivity contribution in [2.24, 2.45) is 17.8 Å². The van der Waals surface area contributed by atoms with Crippen molar-refractivity contribution >= 4 is 11.9 Å². The summed E-state index contributed by atoms with van der Waals surface area (Å²) >= 11 is 0. The summed E-state index contributed by atoms with van der Waals surface area (Å²) in [4.78, 5) is 31.0. The summed E-state index contributed by atoms with van der Waals surface area (Å²) in [5, 5.41) is 3.10. The van der Waals surface area contributed by atoms with Crippen LogP contribution < -0.4 is 5.32 Å².